The van der Waals surface area contributed by atoms with Crippen molar-refractivity contribution in [3.63, 3.8) is 0 Å². The number of aliphatic hydroxyl groups is 1. The number of nitrogens with one attached hydrogen (secondary N) is 1. The summed E-state index contributed by atoms with van der Waals surface area (Å²) in [5.74, 6) is 0. The van der Waals surface area contributed by atoms with Crippen LogP contribution in [0.25, 0.3) is 0 Å². The van der Waals surface area contributed by atoms with Crippen molar-refractivity contribution in [2.24, 2.45) is 0 Å². The Kier molecular flexibility index (Phi) is 5.31. The molecule has 0 saturated heterocycles. The van der Waals surface area contributed by atoms with Crippen molar-refractivity contribution in [3.8, 4) is 0 Å². The van der Waals surface area contributed by atoms with E-state index in [4.69, 9.17) is 16.3 Å². The molecule has 0 aliphatic heterocycles. The van der Waals surface area contributed by atoms with Gasteiger partial charge in [0.25, 0.3) is 5.15 Å². The normalized spacial score (nSPS) is 12.5. The summed E-state index contributed by atoms with van der Waals surface area (Å²) < 4.78 is 5.65. The van der Waals surface area contributed by atoms with Crippen LogP contribution in [-0.2, 0) is 4.74 Å². The number of hydrogen-bond acceptors (Lipinski definition) is 4. The third kappa shape index (κ3) is 4.59. The van der Waals surface area contributed by atoms with Gasteiger partial charge in [-0.3, -0.25) is 5.32 Å². The lowest BCUT2D eigenvalue weighted by Gasteiger charge is -2.19. The van der Waals surface area contributed by atoms with E-state index in [2.05, 4.69) is 5.32 Å². The molecule has 0 aliphatic carbocycles. The number of amides is 1. The van der Waals surface area contributed by atoms with Crippen LogP contribution in [0.3, 0.4) is 0 Å². The molecular weight excluding hydrogens is 332 g/mol. The van der Waals surface area contributed by atoms with E-state index in [1.807, 2.05) is 0 Å². The molecule has 0 aliphatic rings. The molecule has 1 aromatic heterocycles. The Morgan fingerprint density at radius 1 is 1.29 bits per heavy atom. The second kappa shape index (κ2) is 7.07. The molecule has 2 rings (SSSR count). The van der Waals surface area contributed by atoms with Gasteiger partial charge in [-0.1, -0.05) is 12.1 Å². The molecule has 0 spiro atoms. The molecule has 24 heavy (non-hydrogen) atoms. The maximum atomic E-state index is 11.7. The van der Waals surface area contributed by atoms with E-state index in [0.717, 1.165) is 0 Å². The quantitative estimate of drug-likeness (QED) is 0.504. The van der Waals surface area contributed by atoms with Crippen molar-refractivity contribution >= 4 is 23.4 Å². The largest absolute Gasteiger partial charge is 0.618 e. The molecule has 0 saturated carbocycles. The Bertz CT molecular complexity index is 726. The Morgan fingerprint density at radius 3 is 2.50 bits per heavy atom. The van der Waals surface area contributed by atoms with Gasteiger partial charge < -0.3 is 15.1 Å². The summed E-state index contributed by atoms with van der Waals surface area (Å²) in [5.41, 5.74) is 0.788. The third-order valence-corrected chi connectivity index (χ3v) is 3.48. The zero-order chi connectivity index (χ0) is 17.9. The van der Waals surface area contributed by atoms with E-state index >= 15 is 0 Å². The first-order valence-corrected chi connectivity index (χ1v) is 7.71. The number of nitrogens with zero attached hydrogens (tertiary/aromatic N) is 1. The van der Waals surface area contributed by atoms with Crippen LogP contribution < -0.4 is 10.0 Å². The SMILES string of the molecule is CC(C)(C)OC(=O)Nc1ccc(C(O)c2ccc[n+]([O-])c2Cl)cc1. The molecule has 128 valence electrons. The molecule has 1 atom stereocenters. The average Bonchev–Trinajstić information content (AvgIpc) is 2.48. The number of aromatic nitrogens is 1. The first-order valence-electron chi connectivity index (χ1n) is 7.33. The highest BCUT2D eigenvalue weighted by atomic mass is 35.5. The zero-order valence-corrected chi connectivity index (χ0v) is 14.4. The van der Waals surface area contributed by atoms with Gasteiger partial charge in [0.15, 0.2) is 6.20 Å². The van der Waals surface area contributed by atoms with Crippen molar-refractivity contribution in [1.29, 1.82) is 0 Å². The fourth-order valence-corrected chi connectivity index (χ4v) is 2.26. The van der Waals surface area contributed by atoms with Crippen LogP contribution in [0.2, 0.25) is 5.15 Å². The third-order valence-electron chi connectivity index (χ3n) is 3.10. The predicted molar refractivity (Wildman–Crippen MR) is 90.8 cm³/mol. The topological polar surface area (TPSA) is 85.5 Å². The Labute approximate surface area is 145 Å². The minimum Gasteiger partial charge on any atom is -0.618 e. The van der Waals surface area contributed by atoms with E-state index in [0.29, 0.717) is 21.5 Å². The smallest absolute Gasteiger partial charge is 0.412 e. The van der Waals surface area contributed by atoms with Crippen molar-refractivity contribution in [1.82, 2.24) is 0 Å². The summed E-state index contributed by atoms with van der Waals surface area (Å²) >= 11 is 5.92. The molecule has 6 nitrogen and oxygen atoms in total. The first kappa shape index (κ1) is 18.0. The molecule has 7 heteroatoms. The molecule has 2 N–H and O–H groups in total. The number of ether oxygens (including phenoxy) is 1. The first-order chi connectivity index (χ1) is 11.2. The van der Waals surface area contributed by atoms with Crippen molar-refractivity contribution < 1.29 is 19.4 Å². The fourth-order valence-electron chi connectivity index (χ4n) is 2.04. The second-order valence-electron chi connectivity index (χ2n) is 6.23. The molecule has 1 unspecified atom stereocenters. The lowest BCUT2D eigenvalue weighted by Crippen LogP contribution is -2.28. The number of anilines is 1. The van der Waals surface area contributed by atoms with Crippen LogP contribution in [0.4, 0.5) is 10.5 Å². The number of carbonyl (C=O) groups excluding carboxylic acids is 1. The number of halogens is 1. The highest BCUT2D eigenvalue weighted by molar-refractivity contribution is 6.29. The van der Waals surface area contributed by atoms with Gasteiger partial charge in [-0.25, -0.2) is 4.79 Å². The maximum Gasteiger partial charge on any atom is 0.412 e. The van der Waals surface area contributed by atoms with Crippen molar-refractivity contribution in [2.75, 3.05) is 5.32 Å². The summed E-state index contributed by atoms with van der Waals surface area (Å²) in [6.07, 6.45) is -0.351. The van der Waals surface area contributed by atoms with E-state index in [-0.39, 0.29) is 5.15 Å². The molecule has 0 bridgehead atoms. The number of aliphatic hydroxyl groups excluding tert-OH is 1. The number of hydrogen-bond donors (Lipinski definition) is 2. The molecular formula is C17H19ClN2O4. The van der Waals surface area contributed by atoms with E-state index in [9.17, 15) is 15.1 Å². The zero-order valence-electron chi connectivity index (χ0n) is 13.6. The molecule has 1 heterocycles. The van der Waals surface area contributed by atoms with Crippen LogP contribution >= 0.6 is 11.6 Å². The van der Waals surface area contributed by atoms with Crippen LogP contribution in [0.1, 0.15) is 38.0 Å². The van der Waals surface area contributed by atoms with E-state index < -0.39 is 17.8 Å². The Morgan fingerprint density at radius 2 is 1.92 bits per heavy atom. The lowest BCUT2D eigenvalue weighted by molar-refractivity contribution is -0.603. The Hall–Kier alpha value is -2.31. The lowest BCUT2D eigenvalue weighted by atomic mass is 10.0. The van der Waals surface area contributed by atoms with Gasteiger partial charge in [-0.2, -0.15) is 4.73 Å². The van der Waals surface area contributed by atoms with Gasteiger partial charge in [0, 0.05) is 11.8 Å². The highest BCUT2D eigenvalue weighted by Gasteiger charge is 2.20. The Balaban J connectivity index is 2.11. The van der Waals surface area contributed by atoms with Crippen LogP contribution in [-0.4, -0.2) is 16.8 Å². The number of rotatable bonds is 3. The van der Waals surface area contributed by atoms with Gasteiger partial charge >= 0.3 is 6.09 Å². The molecule has 0 fully saturated rings. The van der Waals surface area contributed by atoms with Crippen LogP contribution in [0.5, 0.6) is 0 Å². The molecule has 0 radical (unpaired) electrons. The maximum absolute atomic E-state index is 11.7. The predicted octanol–water partition coefficient (Wildman–Crippen LogP) is 3.40. The van der Waals surface area contributed by atoms with Gasteiger partial charge in [0.1, 0.15) is 11.7 Å². The van der Waals surface area contributed by atoms with Gasteiger partial charge in [-0.15, -0.1) is 0 Å². The summed E-state index contributed by atoms with van der Waals surface area (Å²) in [6, 6.07) is 9.62. The summed E-state index contributed by atoms with van der Waals surface area (Å²) in [4.78, 5) is 11.7. The second-order valence-corrected chi connectivity index (χ2v) is 6.59. The standard InChI is InChI=1S/C17H19ClN2O4/c1-17(2,3)24-16(22)19-12-8-6-11(7-9-12)14(21)13-5-4-10-20(23)15(13)18/h4-10,14,21H,1-3H3,(H,19,22). The number of carbonyl (C=O) groups is 1. The van der Waals surface area contributed by atoms with E-state index in [1.165, 1.54) is 12.3 Å². The van der Waals surface area contributed by atoms with Crippen molar-refractivity contribution in [3.05, 3.63) is 64.1 Å². The van der Waals surface area contributed by atoms with E-state index in [1.54, 1.807) is 51.1 Å². The fraction of sp³-hybridized carbons (Fsp3) is 0.294. The highest BCUT2D eigenvalue weighted by Crippen LogP contribution is 2.26. The molecule has 1 amide bonds. The average molecular weight is 351 g/mol. The van der Waals surface area contributed by atoms with Crippen molar-refractivity contribution in [2.45, 2.75) is 32.5 Å². The summed E-state index contributed by atoms with van der Waals surface area (Å²) in [7, 11) is 0. The van der Waals surface area contributed by atoms with Gasteiger partial charge in [-0.05, 0) is 56.1 Å². The minimum atomic E-state index is -1.05. The monoisotopic (exact) mass is 350 g/mol. The molecule has 1 aromatic carbocycles. The summed E-state index contributed by atoms with van der Waals surface area (Å²) in [6.45, 7) is 5.33. The van der Waals surface area contributed by atoms with Gasteiger partial charge in [0.2, 0.25) is 0 Å². The van der Waals surface area contributed by atoms with Crippen LogP contribution in [0, 0.1) is 5.21 Å². The minimum absolute atomic E-state index is 0.0824. The van der Waals surface area contributed by atoms with Gasteiger partial charge in [0.05, 0.1) is 5.56 Å². The van der Waals surface area contributed by atoms with Crippen LogP contribution in [0.15, 0.2) is 42.6 Å². The number of benzene rings is 1. The summed E-state index contributed by atoms with van der Waals surface area (Å²) in [5, 5.41) is 24.4. The molecule has 2 aromatic rings. The number of pyridine rings is 1.